The van der Waals surface area contributed by atoms with Crippen molar-refractivity contribution in [3.05, 3.63) is 82.7 Å². The molecule has 282 valence electrons. The smallest absolute Gasteiger partial charge is 0.410 e. The Morgan fingerprint density at radius 3 is 2.44 bits per heavy atom. The van der Waals surface area contributed by atoms with Gasteiger partial charge in [0.25, 0.3) is 11.8 Å². The summed E-state index contributed by atoms with van der Waals surface area (Å²) in [5.74, 6) is 0.142. The Balaban J connectivity index is 1.19. The van der Waals surface area contributed by atoms with Crippen LogP contribution in [0.15, 0.2) is 54.9 Å². The SMILES string of the molecule is CC(C)(C)OC(=O)N1Cc2cc(OCc3cnn(COCC[Si](C)(C)C)c3)ccc2CC1[C@H](O)CNC(=O)c1ccc(C(=O)N2CCOCC2)cc1. The molecule has 3 amide bonds. The van der Waals surface area contributed by atoms with E-state index in [1.807, 2.05) is 24.4 Å². The van der Waals surface area contributed by atoms with Crippen molar-refractivity contribution in [3.8, 4) is 5.75 Å². The third kappa shape index (κ3) is 11.1. The largest absolute Gasteiger partial charge is 0.489 e. The molecule has 2 aliphatic heterocycles. The summed E-state index contributed by atoms with van der Waals surface area (Å²) in [6, 6.07) is 12.6. The van der Waals surface area contributed by atoms with Crippen LogP contribution in [0.4, 0.5) is 4.79 Å². The maximum Gasteiger partial charge on any atom is 0.410 e. The zero-order chi connectivity index (χ0) is 37.5. The molecule has 3 heterocycles. The number of ether oxygens (including phenoxy) is 4. The molecule has 1 unspecified atom stereocenters. The van der Waals surface area contributed by atoms with Gasteiger partial charge in [0.05, 0.1) is 31.6 Å². The van der Waals surface area contributed by atoms with Crippen molar-refractivity contribution >= 4 is 26.0 Å². The summed E-state index contributed by atoms with van der Waals surface area (Å²) in [5.41, 5.74) is 2.86. The highest BCUT2D eigenvalue weighted by atomic mass is 28.3. The average Bonchev–Trinajstić information content (AvgIpc) is 3.57. The van der Waals surface area contributed by atoms with Crippen molar-refractivity contribution in [2.24, 2.45) is 0 Å². The molecule has 0 bridgehead atoms. The lowest BCUT2D eigenvalue weighted by molar-refractivity contribution is -0.0113. The van der Waals surface area contributed by atoms with Gasteiger partial charge in [-0.05, 0) is 80.8 Å². The predicted octanol–water partition coefficient (Wildman–Crippen LogP) is 4.70. The first-order valence-corrected chi connectivity index (χ1v) is 21.6. The second-order valence-corrected chi connectivity index (χ2v) is 21.2. The number of nitrogens with one attached hydrogen (secondary N) is 1. The van der Waals surface area contributed by atoms with Crippen LogP contribution < -0.4 is 10.1 Å². The first kappa shape index (κ1) is 39.0. The number of hydrogen-bond acceptors (Lipinski definition) is 9. The highest BCUT2D eigenvalue weighted by Gasteiger charge is 2.37. The third-order valence-electron chi connectivity index (χ3n) is 8.90. The van der Waals surface area contributed by atoms with Gasteiger partial charge in [0.2, 0.25) is 0 Å². The van der Waals surface area contributed by atoms with E-state index in [0.717, 1.165) is 29.3 Å². The first-order chi connectivity index (χ1) is 24.6. The molecule has 1 aromatic heterocycles. The monoisotopic (exact) mass is 735 g/mol. The van der Waals surface area contributed by atoms with Gasteiger partial charge >= 0.3 is 6.09 Å². The van der Waals surface area contributed by atoms with Crippen LogP contribution in [0.1, 0.15) is 58.2 Å². The van der Waals surface area contributed by atoms with Crippen LogP contribution in [-0.4, -0.2) is 108 Å². The van der Waals surface area contributed by atoms with Crippen molar-refractivity contribution in [1.29, 1.82) is 0 Å². The molecule has 52 heavy (non-hydrogen) atoms. The highest BCUT2D eigenvalue weighted by molar-refractivity contribution is 6.76. The first-order valence-electron chi connectivity index (χ1n) is 17.9. The number of benzene rings is 2. The van der Waals surface area contributed by atoms with Crippen molar-refractivity contribution in [3.63, 3.8) is 0 Å². The predicted molar refractivity (Wildman–Crippen MR) is 198 cm³/mol. The average molecular weight is 736 g/mol. The van der Waals surface area contributed by atoms with Gasteiger partial charge in [-0.1, -0.05) is 25.7 Å². The van der Waals surface area contributed by atoms with Crippen LogP contribution in [-0.2, 0) is 40.5 Å². The Kier molecular flexibility index (Phi) is 12.8. The number of morpholine rings is 1. The summed E-state index contributed by atoms with van der Waals surface area (Å²) in [7, 11) is -1.15. The fourth-order valence-electron chi connectivity index (χ4n) is 5.94. The lowest BCUT2D eigenvalue weighted by Crippen LogP contribution is -2.54. The van der Waals surface area contributed by atoms with Crippen LogP contribution in [0.3, 0.4) is 0 Å². The number of amides is 3. The van der Waals surface area contributed by atoms with E-state index in [1.54, 1.807) is 60.8 Å². The van der Waals surface area contributed by atoms with E-state index in [0.29, 0.717) is 62.9 Å². The minimum atomic E-state index is -1.15. The van der Waals surface area contributed by atoms with Crippen molar-refractivity contribution in [2.75, 3.05) is 39.5 Å². The number of aliphatic hydroxyl groups excluding tert-OH is 1. The summed E-state index contributed by atoms with van der Waals surface area (Å²) in [5, 5.41) is 18.6. The van der Waals surface area contributed by atoms with E-state index in [4.69, 9.17) is 18.9 Å². The van der Waals surface area contributed by atoms with Gasteiger partial charge in [0, 0.05) is 63.7 Å². The zero-order valence-electron chi connectivity index (χ0n) is 31.2. The molecule has 2 aliphatic rings. The van der Waals surface area contributed by atoms with Crippen molar-refractivity contribution in [2.45, 2.75) is 90.5 Å². The van der Waals surface area contributed by atoms with Gasteiger partial charge < -0.3 is 34.3 Å². The molecule has 14 heteroatoms. The molecule has 0 radical (unpaired) electrons. The van der Waals surface area contributed by atoms with E-state index >= 15 is 0 Å². The molecule has 3 aromatic rings. The second kappa shape index (κ2) is 17.1. The number of aliphatic hydroxyl groups is 1. The maximum absolute atomic E-state index is 13.5. The van der Waals surface area contributed by atoms with Gasteiger partial charge in [-0.15, -0.1) is 0 Å². The normalized spacial score (nSPS) is 16.9. The molecule has 0 aliphatic carbocycles. The van der Waals surface area contributed by atoms with Crippen LogP contribution >= 0.6 is 0 Å². The van der Waals surface area contributed by atoms with Crippen molar-refractivity contribution in [1.82, 2.24) is 24.9 Å². The molecule has 1 saturated heterocycles. The van der Waals surface area contributed by atoms with Gasteiger partial charge in [-0.2, -0.15) is 5.10 Å². The lowest BCUT2D eigenvalue weighted by Gasteiger charge is -2.40. The van der Waals surface area contributed by atoms with Gasteiger partial charge in [-0.25, -0.2) is 9.48 Å². The fraction of sp³-hybridized carbons (Fsp3) is 0.526. The Labute approximate surface area is 307 Å². The quantitative estimate of drug-likeness (QED) is 0.189. The van der Waals surface area contributed by atoms with Crippen LogP contribution in [0.25, 0.3) is 0 Å². The summed E-state index contributed by atoms with van der Waals surface area (Å²) < 4.78 is 24.7. The number of aromatic nitrogens is 2. The molecule has 2 atom stereocenters. The minimum Gasteiger partial charge on any atom is -0.489 e. The van der Waals surface area contributed by atoms with Crippen LogP contribution in [0, 0.1) is 0 Å². The summed E-state index contributed by atoms with van der Waals surface area (Å²) >= 11 is 0. The maximum atomic E-state index is 13.5. The number of carbonyl (C=O) groups is 3. The molecule has 13 nitrogen and oxygen atoms in total. The second-order valence-electron chi connectivity index (χ2n) is 15.6. The lowest BCUT2D eigenvalue weighted by atomic mass is 9.91. The van der Waals surface area contributed by atoms with Gasteiger partial charge in [0.1, 0.15) is 24.7 Å². The van der Waals surface area contributed by atoms with E-state index < -0.39 is 37.8 Å². The number of fused-ring (bicyclic) bond motifs is 1. The molecule has 0 spiro atoms. The zero-order valence-corrected chi connectivity index (χ0v) is 32.2. The molecular formula is C38H53N5O8Si. The number of hydrogen-bond donors (Lipinski definition) is 2. The van der Waals surface area contributed by atoms with Crippen LogP contribution in [0.2, 0.25) is 25.7 Å². The van der Waals surface area contributed by atoms with Gasteiger partial charge in [0.15, 0.2) is 0 Å². The fourth-order valence-corrected chi connectivity index (χ4v) is 6.70. The molecule has 0 saturated carbocycles. The number of nitrogens with zero attached hydrogens (tertiary/aromatic N) is 4. The Bertz CT molecular complexity index is 1680. The molecule has 1 fully saturated rings. The summed E-state index contributed by atoms with van der Waals surface area (Å²) in [6.45, 7) is 16.0. The molecule has 5 rings (SSSR count). The number of carbonyl (C=O) groups excluding carboxylic acids is 3. The van der Waals surface area contributed by atoms with E-state index in [-0.39, 0.29) is 19.0 Å². The molecule has 2 aromatic carbocycles. The topological polar surface area (TPSA) is 145 Å². The standard InChI is InChI=1S/C38H53N5O8Si/c1-38(2,3)51-37(47)43-24-31-19-32(50-25-27-21-40-42(23-27)26-49-17-18-52(4,5)6)12-11-30(31)20-33(43)34(44)22-39-35(45)28-7-9-29(10-8-28)36(46)41-13-15-48-16-14-41/h7-12,19,21,23,33-34,44H,13-18,20,22,24-26H2,1-6H3,(H,39,45)/t33?,34-/m1/s1. The Morgan fingerprint density at radius 2 is 1.75 bits per heavy atom. The third-order valence-corrected chi connectivity index (χ3v) is 10.6. The summed E-state index contributed by atoms with van der Waals surface area (Å²) in [6.07, 6.45) is 2.38. The van der Waals surface area contributed by atoms with E-state index in [2.05, 4.69) is 30.1 Å². The van der Waals surface area contributed by atoms with Gasteiger partial charge in [-0.3, -0.25) is 14.5 Å². The van der Waals surface area contributed by atoms with Crippen LogP contribution in [0.5, 0.6) is 5.75 Å². The Morgan fingerprint density at radius 1 is 1.04 bits per heavy atom. The van der Waals surface area contributed by atoms with Crippen molar-refractivity contribution < 1.29 is 38.4 Å². The molecular weight excluding hydrogens is 683 g/mol. The summed E-state index contributed by atoms with van der Waals surface area (Å²) in [4.78, 5) is 42.5. The highest BCUT2D eigenvalue weighted by Crippen LogP contribution is 2.30. The molecule has 2 N–H and O–H groups in total. The Hall–Kier alpha value is -4.24. The number of rotatable bonds is 13. The minimum absolute atomic E-state index is 0.0924. The van der Waals surface area contributed by atoms with E-state index in [9.17, 15) is 19.5 Å². The van der Waals surface area contributed by atoms with E-state index in [1.165, 1.54) is 4.90 Å².